The van der Waals surface area contributed by atoms with Gasteiger partial charge in [-0.2, -0.15) is 0 Å². The van der Waals surface area contributed by atoms with Gasteiger partial charge in [0.25, 0.3) is 0 Å². The first kappa shape index (κ1) is 37.4. The van der Waals surface area contributed by atoms with E-state index in [0.29, 0.717) is 0 Å². The van der Waals surface area contributed by atoms with E-state index in [1.54, 1.807) is 0 Å². The average molecular weight is 653 g/mol. The maximum absolute atomic E-state index is 4.06. The van der Waals surface area contributed by atoms with Crippen LogP contribution in [0.2, 0.25) is 0 Å². The van der Waals surface area contributed by atoms with E-state index in [0.717, 1.165) is 12.0 Å². The van der Waals surface area contributed by atoms with Crippen molar-refractivity contribution in [2.75, 3.05) is 0 Å². The van der Waals surface area contributed by atoms with E-state index in [2.05, 4.69) is 192 Å². The molecule has 0 aromatic heterocycles. The molecule has 0 amide bonds. The van der Waals surface area contributed by atoms with Gasteiger partial charge in [-0.1, -0.05) is 209 Å². The summed E-state index contributed by atoms with van der Waals surface area (Å²) in [6.07, 6.45) is 16.2. The van der Waals surface area contributed by atoms with Gasteiger partial charge < -0.3 is 0 Å². The molecule has 0 nitrogen and oxygen atoms in total. The summed E-state index contributed by atoms with van der Waals surface area (Å²) in [5, 5.41) is 0. The molecule has 50 heavy (non-hydrogen) atoms. The molecule has 0 saturated heterocycles. The van der Waals surface area contributed by atoms with Crippen molar-refractivity contribution in [3.05, 3.63) is 216 Å². The molecule has 6 rings (SSSR count). The summed E-state index contributed by atoms with van der Waals surface area (Å²) in [5.41, 5.74) is 14.7. The highest BCUT2D eigenvalue weighted by molar-refractivity contribution is 5.95. The van der Waals surface area contributed by atoms with Gasteiger partial charge in [0.2, 0.25) is 0 Å². The molecular weight excluding hydrogens is 601 g/mol. The largest absolute Gasteiger partial charge is 0.0991 e. The molecule has 0 bridgehead atoms. The Morgan fingerprint density at radius 1 is 0.680 bits per heavy atom. The van der Waals surface area contributed by atoms with Crippen LogP contribution >= 0.6 is 0 Å². The van der Waals surface area contributed by atoms with Crippen LogP contribution in [0.5, 0.6) is 0 Å². The highest BCUT2D eigenvalue weighted by atomic mass is 14.5. The third-order valence-electron chi connectivity index (χ3n) is 8.99. The second-order valence-corrected chi connectivity index (χ2v) is 12.0. The van der Waals surface area contributed by atoms with Crippen LogP contribution in [-0.4, -0.2) is 0 Å². The van der Waals surface area contributed by atoms with Crippen molar-refractivity contribution in [1.82, 2.24) is 0 Å². The predicted octanol–water partition coefficient (Wildman–Crippen LogP) is 14.5. The Labute approximate surface area is 302 Å². The first-order valence-corrected chi connectivity index (χ1v) is 17.9. The molecule has 1 unspecified atom stereocenters. The highest BCUT2D eigenvalue weighted by Crippen LogP contribution is 2.58. The van der Waals surface area contributed by atoms with Gasteiger partial charge in [-0.15, -0.1) is 0 Å². The van der Waals surface area contributed by atoms with Crippen molar-refractivity contribution in [1.29, 1.82) is 0 Å². The van der Waals surface area contributed by atoms with Crippen LogP contribution in [0.3, 0.4) is 0 Å². The van der Waals surface area contributed by atoms with Gasteiger partial charge in [-0.25, -0.2) is 0 Å². The van der Waals surface area contributed by atoms with Crippen LogP contribution in [-0.2, 0) is 5.41 Å². The minimum Gasteiger partial charge on any atom is -0.0991 e. The van der Waals surface area contributed by atoms with Crippen molar-refractivity contribution in [2.45, 2.75) is 53.4 Å². The third kappa shape index (κ3) is 7.72. The fourth-order valence-corrected chi connectivity index (χ4v) is 6.82. The van der Waals surface area contributed by atoms with Crippen molar-refractivity contribution < 1.29 is 0 Å². The van der Waals surface area contributed by atoms with Gasteiger partial charge in [0, 0.05) is 0 Å². The SMILES string of the molecule is C=C(C)c1ccc(-c2ccccc2)cc1.C=C/C=C(\C=C/C)C1(c2ccccc2)c2ccccc2-c2c(C(/C=C\CC)=C/C)cccc21.CC. The lowest BCUT2D eigenvalue weighted by atomic mass is 9.66. The molecule has 1 aliphatic carbocycles. The maximum Gasteiger partial charge on any atom is 0.0713 e. The minimum absolute atomic E-state index is 0.406. The number of rotatable bonds is 9. The van der Waals surface area contributed by atoms with Gasteiger partial charge in [0.1, 0.15) is 0 Å². The topological polar surface area (TPSA) is 0 Å². The molecule has 0 spiro atoms. The van der Waals surface area contributed by atoms with E-state index in [1.807, 2.05) is 32.9 Å². The summed E-state index contributed by atoms with van der Waals surface area (Å²) in [6.45, 7) is 20.4. The Balaban J connectivity index is 0.000000275. The molecule has 5 aromatic carbocycles. The number of fused-ring (bicyclic) bond motifs is 3. The molecule has 5 aromatic rings. The standard InChI is InChI=1S/C33H32.C15H14.C2H6/c1-5-9-18-25(8-4)28-22-15-24-31-32(28)29-21-13-14-23-30(29)33(31,26(16-6-2)17-7-3)27-19-11-10-12-20-27;1-12(2)13-8-10-15(11-9-13)14-6-4-3-5-7-14;1-2/h6-24H,2,5H2,1,3-4H3;3-11H,1H2,2H3;1-2H3/b17-7-,18-9-,25-8+,26-16+;;. The molecule has 0 fully saturated rings. The zero-order valence-electron chi connectivity index (χ0n) is 30.8. The molecule has 0 heteroatoms. The normalized spacial score (nSPS) is 15.0. The van der Waals surface area contributed by atoms with E-state index in [4.69, 9.17) is 0 Å². The summed E-state index contributed by atoms with van der Waals surface area (Å²) in [4.78, 5) is 0. The summed E-state index contributed by atoms with van der Waals surface area (Å²) in [7, 11) is 0. The molecule has 1 atom stereocenters. The highest BCUT2D eigenvalue weighted by Gasteiger charge is 2.47. The van der Waals surface area contributed by atoms with Crippen molar-refractivity contribution in [3.63, 3.8) is 0 Å². The molecule has 0 saturated carbocycles. The van der Waals surface area contributed by atoms with Gasteiger partial charge in [0.15, 0.2) is 0 Å². The Bertz CT molecular complexity index is 1980. The lowest BCUT2D eigenvalue weighted by Crippen LogP contribution is -2.29. The smallest absolute Gasteiger partial charge is 0.0713 e. The number of benzene rings is 5. The number of hydrogen-bond acceptors (Lipinski definition) is 0. The maximum atomic E-state index is 4.06. The average Bonchev–Trinajstić information content (AvgIpc) is 3.48. The number of hydrogen-bond donors (Lipinski definition) is 0. The first-order valence-electron chi connectivity index (χ1n) is 17.9. The third-order valence-corrected chi connectivity index (χ3v) is 8.99. The fraction of sp³-hybridized carbons (Fsp3) is 0.160. The lowest BCUT2D eigenvalue weighted by Gasteiger charge is -2.34. The van der Waals surface area contributed by atoms with Crippen LogP contribution in [0.1, 0.15) is 75.8 Å². The van der Waals surface area contributed by atoms with Gasteiger partial charge in [-0.3, -0.25) is 0 Å². The Morgan fingerprint density at radius 2 is 1.28 bits per heavy atom. The second kappa shape index (κ2) is 18.3. The second-order valence-electron chi connectivity index (χ2n) is 12.0. The summed E-state index contributed by atoms with van der Waals surface area (Å²) >= 11 is 0. The molecular formula is C50H52. The van der Waals surface area contributed by atoms with Crippen LogP contribution in [0.25, 0.3) is 33.4 Å². The van der Waals surface area contributed by atoms with Crippen molar-refractivity contribution >= 4 is 11.1 Å². The van der Waals surface area contributed by atoms with E-state index in [9.17, 15) is 0 Å². The molecule has 252 valence electrons. The molecule has 1 aliphatic rings. The van der Waals surface area contributed by atoms with Gasteiger partial charge in [0.05, 0.1) is 5.41 Å². The van der Waals surface area contributed by atoms with Crippen molar-refractivity contribution in [2.24, 2.45) is 0 Å². The lowest BCUT2D eigenvalue weighted by molar-refractivity contribution is 0.766. The van der Waals surface area contributed by atoms with Crippen LogP contribution in [0.4, 0.5) is 0 Å². The molecule has 0 radical (unpaired) electrons. The zero-order chi connectivity index (χ0) is 35.9. The molecule has 0 aliphatic heterocycles. The van der Waals surface area contributed by atoms with Crippen molar-refractivity contribution in [3.8, 4) is 22.3 Å². The van der Waals surface area contributed by atoms with Crippen LogP contribution in [0.15, 0.2) is 189 Å². The monoisotopic (exact) mass is 652 g/mol. The van der Waals surface area contributed by atoms with Crippen LogP contribution < -0.4 is 0 Å². The zero-order valence-corrected chi connectivity index (χ0v) is 30.8. The fourth-order valence-electron chi connectivity index (χ4n) is 6.82. The van der Waals surface area contributed by atoms with E-state index in [-0.39, 0.29) is 0 Å². The summed E-state index contributed by atoms with van der Waals surface area (Å²) in [6, 6.07) is 45.5. The van der Waals surface area contributed by atoms with E-state index < -0.39 is 5.41 Å². The van der Waals surface area contributed by atoms with Crippen LogP contribution in [0, 0.1) is 0 Å². The van der Waals surface area contributed by atoms with Gasteiger partial charge in [-0.05, 0) is 88.4 Å². The molecule has 0 heterocycles. The first-order chi connectivity index (χ1) is 24.5. The van der Waals surface area contributed by atoms with E-state index >= 15 is 0 Å². The Hall–Kier alpha value is -5.46. The molecule has 0 N–H and O–H groups in total. The predicted molar refractivity (Wildman–Crippen MR) is 222 cm³/mol. The quantitative estimate of drug-likeness (QED) is 0.139. The van der Waals surface area contributed by atoms with Gasteiger partial charge >= 0.3 is 0 Å². The Kier molecular flexibility index (Phi) is 13.7. The summed E-state index contributed by atoms with van der Waals surface area (Å²) < 4.78 is 0. The summed E-state index contributed by atoms with van der Waals surface area (Å²) in [5.74, 6) is 0. The number of allylic oxidation sites excluding steroid dienone is 10. The Morgan fingerprint density at radius 3 is 1.88 bits per heavy atom. The minimum atomic E-state index is -0.406. The van der Waals surface area contributed by atoms with E-state index in [1.165, 1.54) is 61.2 Å².